The summed E-state index contributed by atoms with van der Waals surface area (Å²) in [5.74, 6) is 0.859. The van der Waals surface area contributed by atoms with Crippen molar-refractivity contribution in [1.82, 2.24) is 15.1 Å². The molecule has 1 unspecified atom stereocenters. The lowest BCUT2D eigenvalue weighted by molar-refractivity contribution is -0.137. The van der Waals surface area contributed by atoms with Crippen molar-refractivity contribution in [3.8, 4) is 0 Å². The first-order valence-electron chi connectivity index (χ1n) is 9.43. The van der Waals surface area contributed by atoms with Gasteiger partial charge in [0, 0.05) is 39.8 Å². The van der Waals surface area contributed by atoms with Gasteiger partial charge in [-0.1, -0.05) is 12.1 Å². The van der Waals surface area contributed by atoms with Crippen LogP contribution >= 0.6 is 24.0 Å². The zero-order valence-corrected chi connectivity index (χ0v) is 18.4. The van der Waals surface area contributed by atoms with Crippen LogP contribution in [0, 0.1) is 0 Å². The fourth-order valence-corrected chi connectivity index (χ4v) is 3.69. The van der Waals surface area contributed by atoms with E-state index in [0.717, 1.165) is 62.7 Å². The molecule has 0 radical (unpaired) electrons. The largest absolute Gasteiger partial charge is 0.416 e. The summed E-state index contributed by atoms with van der Waals surface area (Å²) < 4.78 is 44.1. The molecule has 5 nitrogen and oxygen atoms in total. The number of nitrogens with one attached hydrogen (secondary N) is 1. The number of likely N-dealkylation sites (tertiary alicyclic amines) is 1. The number of benzene rings is 1. The minimum atomic E-state index is -4.32. The van der Waals surface area contributed by atoms with Gasteiger partial charge in [0.15, 0.2) is 5.96 Å². The van der Waals surface area contributed by atoms with E-state index in [2.05, 4.69) is 20.1 Å². The number of nitrogens with zero attached hydrogens (tertiary/aromatic N) is 3. The van der Waals surface area contributed by atoms with Gasteiger partial charge >= 0.3 is 6.18 Å². The number of alkyl halides is 3. The lowest BCUT2D eigenvalue weighted by Gasteiger charge is -2.35. The average molecular weight is 512 g/mol. The highest BCUT2D eigenvalue weighted by Crippen LogP contribution is 2.31. The summed E-state index contributed by atoms with van der Waals surface area (Å²) >= 11 is 0. The highest BCUT2D eigenvalue weighted by molar-refractivity contribution is 14.0. The lowest BCUT2D eigenvalue weighted by atomic mass is 10.0. The topological polar surface area (TPSA) is 40.1 Å². The van der Waals surface area contributed by atoms with E-state index in [1.165, 1.54) is 0 Å². The van der Waals surface area contributed by atoms with E-state index in [0.29, 0.717) is 19.8 Å². The summed E-state index contributed by atoms with van der Waals surface area (Å²) in [6.07, 6.45) is -2.00. The standard InChI is InChI=1S/C19H27F3N4O.HI/c1-23-18(26-8-2-3-9-26)24-14-17(25-10-12-27-13-11-25)15-4-6-16(7-5-15)19(20,21)22;/h4-7,17H,2-3,8-14H2,1H3,(H,23,24);1H. The summed E-state index contributed by atoms with van der Waals surface area (Å²) in [6.45, 7) is 5.36. The molecule has 2 heterocycles. The molecular weight excluding hydrogens is 484 g/mol. The molecule has 0 spiro atoms. The average Bonchev–Trinajstić information content (AvgIpc) is 3.20. The maximum atomic E-state index is 12.9. The van der Waals surface area contributed by atoms with Crippen molar-refractivity contribution in [2.75, 3.05) is 53.0 Å². The zero-order valence-electron chi connectivity index (χ0n) is 16.0. The monoisotopic (exact) mass is 512 g/mol. The Balaban J connectivity index is 0.00000280. The lowest BCUT2D eigenvalue weighted by Crippen LogP contribution is -2.47. The quantitative estimate of drug-likeness (QED) is 0.382. The van der Waals surface area contributed by atoms with E-state index in [1.807, 2.05) is 0 Å². The molecule has 0 bridgehead atoms. The van der Waals surface area contributed by atoms with Crippen LogP contribution in [0.2, 0.25) is 0 Å². The molecule has 2 saturated heterocycles. The Bertz CT molecular complexity index is 627. The molecule has 0 saturated carbocycles. The minimum Gasteiger partial charge on any atom is -0.379 e. The molecule has 0 aliphatic carbocycles. The Hall–Kier alpha value is -1.07. The molecule has 28 heavy (non-hydrogen) atoms. The van der Waals surface area contributed by atoms with Crippen LogP contribution in [0.3, 0.4) is 0 Å². The fourth-order valence-electron chi connectivity index (χ4n) is 3.69. The summed E-state index contributed by atoms with van der Waals surface area (Å²) in [5.41, 5.74) is 0.252. The number of rotatable bonds is 4. The molecule has 3 rings (SSSR count). The second-order valence-corrected chi connectivity index (χ2v) is 6.91. The number of aliphatic imine (C=N–C) groups is 1. The van der Waals surface area contributed by atoms with E-state index in [-0.39, 0.29) is 30.0 Å². The van der Waals surface area contributed by atoms with E-state index in [1.54, 1.807) is 19.2 Å². The first-order valence-corrected chi connectivity index (χ1v) is 9.43. The summed E-state index contributed by atoms with van der Waals surface area (Å²) in [7, 11) is 1.77. The van der Waals surface area contributed by atoms with Crippen LogP contribution in [0.5, 0.6) is 0 Å². The van der Waals surface area contributed by atoms with Gasteiger partial charge in [0.1, 0.15) is 0 Å². The molecule has 2 fully saturated rings. The van der Waals surface area contributed by atoms with Crippen LogP contribution in [0.25, 0.3) is 0 Å². The van der Waals surface area contributed by atoms with Gasteiger partial charge in [0.2, 0.25) is 0 Å². The number of halogens is 4. The summed E-state index contributed by atoms with van der Waals surface area (Å²) in [4.78, 5) is 8.85. The van der Waals surface area contributed by atoms with Gasteiger partial charge in [-0.15, -0.1) is 24.0 Å². The van der Waals surface area contributed by atoms with E-state index in [4.69, 9.17) is 4.74 Å². The van der Waals surface area contributed by atoms with Crippen molar-refractivity contribution in [3.05, 3.63) is 35.4 Å². The predicted molar refractivity (Wildman–Crippen MR) is 114 cm³/mol. The van der Waals surface area contributed by atoms with Gasteiger partial charge in [-0.25, -0.2) is 0 Å². The molecule has 1 aromatic rings. The third-order valence-corrected chi connectivity index (χ3v) is 5.18. The van der Waals surface area contributed by atoms with Crippen molar-refractivity contribution >= 4 is 29.9 Å². The second kappa shape index (κ2) is 10.6. The molecule has 0 aromatic heterocycles. The van der Waals surface area contributed by atoms with Crippen LogP contribution in [0.1, 0.15) is 30.0 Å². The fraction of sp³-hybridized carbons (Fsp3) is 0.632. The van der Waals surface area contributed by atoms with Gasteiger partial charge in [0.05, 0.1) is 24.8 Å². The van der Waals surface area contributed by atoms with Crippen LogP contribution in [0.15, 0.2) is 29.3 Å². The molecule has 1 aromatic carbocycles. The SMILES string of the molecule is CN=C(NCC(c1ccc(C(F)(F)F)cc1)N1CCOCC1)N1CCCC1.I. The van der Waals surface area contributed by atoms with E-state index < -0.39 is 11.7 Å². The van der Waals surface area contributed by atoms with Crippen molar-refractivity contribution < 1.29 is 17.9 Å². The normalized spacial score (nSPS) is 20.0. The van der Waals surface area contributed by atoms with Gasteiger partial charge < -0.3 is 15.0 Å². The summed E-state index contributed by atoms with van der Waals surface area (Å²) in [5, 5.41) is 3.42. The Labute approximate surface area is 181 Å². The van der Waals surface area contributed by atoms with Crippen LogP contribution in [-0.4, -0.2) is 68.7 Å². The first-order chi connectivity index (χ1) is 13.0. The molecular formula is C19H28F3IN4O. The maximum Gasteiger partial charge on any atom is 0.416 e. The number of guanidine groups is 1. The van der Waals surface area contributed by atoms with Crippen LogP contribution in [0.4, 0.5) is 13.2 Å². The van der Waals surface area contributed by atoms with Crippen molar-refractivity contribution in [2.24, 2.45) is 4.99 Å². The number of ether oxygens (including phenoxy) is 1. The molecule has 2 aliphatic heterocycles. The Morgan fingerprint density at radius 1 is 1.11 bits per heavy atom. The predicted octanol–water partition coefficient (Wildman–Crippen LogP) is 3.37. The van der Waals surface area contributed by atoms with Gasteiger partial charge in [-0.05, 0) is 30.5 Å². The van der Waals surface area contributed by atoms with Crippen molar-refractivity contribution in [2.45, 2.75) is 25.1 Å². The summed E-state index contributed by atoms with van der Waals surface area (Å²) in [6, 6.07) is 5.47. The Morgan fingerprint density at radius 2 is 1.71 bits per heavy atom. The number of hydrogen-bond acceptors (Lipinski definition) is 3. The molecule has 0 amide bonds. The molecule has 9 heteroatoms. The van der Waals surface area contributed by atoms with Crippen LogP contribution in [-0.2, 0) is 10.9 Å². The van der Waals surface area contributed by atoms with Crippen molar-refractivity contribution in [1.29, 1.82) is 0 Å². The Morgan fingerprint density at radius 3 is 2.25 bits per heavy atom. The van der Waals surface area contributed by atoms with Gasteiger partial charge in [-0.3, -0.25) is 9.89 Å². The van der Waals surface area contributed by atoms with E-state index >= 15 is 0 Å². The van der Waals surface area contributed by atoms with E-state index in [9.17, 15) is 13.2 Å². The molecule has 1 N–H and O–H groups in total. The zero-order chi connectivity index (χ0) is 19.3. The molecule has 158 valence electrons. The van der Waals surface area contributed by atoms with Gasteiger partial charge in [-0.2, -0.15) is 13.2 Å². The number of morpholine rings is 1. The molecule has 2 aliphatic rings. The van der Waals surface area contributed by atoms with Crippen LogP contribution < -0.4 is 5.32 Å². The third kappa shape index (κ3) is 5.96. The third-order valence-electron chi connectivity index (χ3n) is 5.18. The highest BCUT2D eigenvalue weighted by atomic mass is 127. The first kappa shape index (κ1) is 23.2. The molecule has 1 atom stereocenters. The van der Waals surface area contributed by atoms with Gasteiger partial charge in [0.25, 0.3) is 0 Å². The highest BCUT2D eigenvalue weighted by Gasteiger charge is 2.31. The second-order valence-electron chi connectivity index (χ2n) is 6.91. The minimum absolute atomic E-state index is 0. The maximum absolute atomic E-state index is 12.9. The number of hydrogen-bond donors (Lipinski definition) is 1. The Kier molecular flexibility index (Phi) is 8.81. The smallest absolute Gasteiger partial charge is 0.379 e. The van der Waals surface area contributed by atoms with Crippen molar-refractivity contribution in [3.63, 3.8) is 0 Å².